The molecular formula is C27H42N6O9. The maximum Gasteiger partial charge on any atom is 0.305 e. The van der Waals surface area contributed by atoms with Crippen molar-refractivity contribution in [2.75, 3.05) is 6.54 Å². The molecular weight excluding hydrogens is 552 g/mol. The van der Waals surface area contributed by atoms with Crippen LogP contribution in [0.1, 0.15) is 57.9 Å². The predicted molar refractivity (Wildman–Crippen MR) is 149 cm³/mol. The molecule has 15 nitrogen and oxygen atoms in total. The van der Waals surface area contributed by atoms with E-state index in [0.717, 1.165) is 0 Å². The molecule has 234 valence electrons. The highest BCUT2D eigenvalue weighted by Gasteiger charge is 2.32. The molecule has 0 spiro atoms. The smallest absolute Gasteiger partial charge is 0.305 e. The summed E-state index contributed by atoms with van der Waals surface area (Å²) in [5.74, 6) is -6.70. The molecule has 0 fully saturated rings. The number of aliphatic carboxylic acids is 1. The van der Waals surface area contributed by atoms with Crippen molar-refractivity contribution in [3.63, 3.8) is 0 Å². The summed E-state index contributed by atoms with van der Waals surface area (Å²) in [5.41, 5.74) is 12.9. The highest BCUT2D eigenvalue weighted by atomic mass is 16.5. The number of carbonyl (C=O) groups is 6. The van der Waals surface area contributed by atoms with E-state index in [1.165, 1.54) is 29.7 Å². The number of rotatable bonds is 19. The number of unbranched alkanes of at least 4 members (excludes halogenated alkanes) is 1. The van der Waals surface area contributed by atoms with Gasteiger partial charge in [0.05, 0.1) is 6.42 Å². The van der Waals surface area contributed by atoms with Gasteiger partial charge in [-0.2, -0.15) is 0 Å². The molecule has 0 bridgehead atoms. The van der Waals surface area contributed by atoms with E-state index < -0.39 is 72.4 Å². The maximum absolute atomic E-state index is 13.3. The molecule has 0 saturated heterocycles. The lowest BCUT2D eigenvalue weighted by Gasteiger charge is -2.26. The number of benzene rings is 1. The minimum atomic E-state index is -1.63. The molecule has 0 unspecified atom stereocenters. The number of hydroxylamine groups is 1. The van der Waals surface area contributed by atoms with Crippen LogP contribution in [0.5, 0.6) is 5.75 Å². The number of carboxylic acids is 1. The lowest BCUT2D eigenvalue weighted by molar-refractivity contribution is -0.142. The molecule has 15 heteroatoms. The highest BCUT2D eigenvalue weighted by molar-refractivity contribution is 5.96. The quantitative estimate of drug-likeness (QED) is 0.0537. The zero-order valence-electron chi connectivity index (χ0n) is 23.8. The van der Waals surface area contributed by atoms with Gasteiger partial charge in [-0.05, 0) is 55.8 Å². The number of phenolic OH excluding ortho intramolecular Hbond substituents is 1. The van der Waals surface area contributed by atoms with E-state index in [9.17, 15) is 39.0 Å². The molecule has 0 aliphatic carbocycles. The monoisotopic (exact) mass is 594 g/mol. The predicted octanol–water partition coefficient (Wildman–Crippen LogP) is -0.964. The molecule has 11 N–H and O–H groups in total. The Kier molecular flexibility index (Phi) is 15.5. The number of aromatic hydroxyl groups is 1. The van der Waals surface area contributed by atoms with E-state index in [1.807, 2.05) is 0 Å². The van der Waals surface area contributed by atoms with Crippen LogP contribution in [0.25, 0.3) is 0 Å². The Hall–Kier alpha value is -4.24. The normalized spacial score (nSPS) is 13.7. The highest BCUT2D eigenvalue weighted by Crippen LogP contribution is 2.17. The van der Waals surface area contributed by atoms with E-state index in [2.05, 4.69) is 16.0 Å². The van der Waals surface area contributed by atoms with Crippen molar-refractivity contribution in [3.8, 4) is 5.75 Å². The number of amides is 5. The Morgan fingerprint density at radius 2 is 1.40 bits per heavy atom. The van der Waals surface area contributed by atoms with Gasteiger partial charge in [-0.1, -0.05) is 26.0 Å². The first-order valence-electron chi connectivity index (χ1n) is 13.6. The minimum absolute atomic E-state index is 0.0347. The summed E-state index contributed by atoms with van der Waals surface area (Å²) in [5, 5.41) is 35.2. The number of hydrogen-bond acceptors (Lipinski definition) is 9. The molecule has 0 aliphatic heterocycles. The molecule has 1 aromatic carbocycles. The average Bonchev–Trinajstić information content (AvgIpc) is 2.91. The van der Waals surface area contributed by atoms with Gasteiger partial charge < -0.3 is 37.6 Å². The van der Waals surface area contributed by atoms with Gasteiger partial charge >= 0.3 is 5.97 Å². The van der Waals surface area contributed by atoms with Crippen LogP contribution < -0.4 is 32.9 Å². The van der Waals surface area contributed by atoms with Gasteiger partial charge in [0.1, 0.15) is 23.9 Å². The lowest BCUT2D eigenvalue weighted by atomic mass is 9.92. The van der Waals surface area contributed by atoms with Crippen LogP contribution in [-0.4, -0.2) is 75.6 Å². The van der Waals surface area contributed by atoms with Crippen molar-refractivity contribution >= 4 is 35.5 Å². The van der Waals surface area contributed by atoms with Gasteiger partial charge in [0.15, 0.2) is 0 Å². The second kappa shape index (κ2) is 18.2. The molecule has 42 heavy (non-hydrogen) atoms. The van der Waals surface area contributed by atoms with Crippen molar-refractivity contribution in [1.29, 1.82) is 0 Å². The standard InChI is InChI=1S/C27H42N6O9/c1-15(2)11-17(13-22(35)33-42)25(39)31-21(14-23(36)37)27(41)32-20(12-16-6-8-18(34)9-7-16)26(40)30-19(24(29)38)5-3-4-10-28/h6-9,15,17,19-21,34,42H,3-5,10-14,28H2,1-2H3,(H2,29,38)(H,30,40)(H,31,39)(H,32,41)(H,33,35)(H,36,37)/t17-,19+,20+,21+/m1/s1. The minimum Gasteiger partial charge on any atom is -0.508 e. The van der Waals surface area contributed by atoms with Crippen molar-refractivity contribution in [1.82, 2.24) is 21.4 Å². The SMILES string of the molecule is CC(C)C[C@H](CC(=O)NO)C(=O)N[C@@H](CC(=O)O)C(=O)N[C@@H](Cc1ccc(O)cc1)C(=O)N[C@@H](CCCCN)C(N)=O. The van der Waals surface area contributed by atoms with Crippen molar-refractivity contribution in [3.05, 3.63) is 29.8 Å². The number of primary amides is 1. The number of phenols is 1. The molecule has 0 aromatic heterocycles. The largest absolute Gasteiger partial charge is 0.508 e. The summed E-state index contributed by atoms with van der Waals surface area (Å²) in [6, 6.07) is 1.73. The Labute approximate surface area is 243 Å². The summed E-state index contributed by atoms with van der Waals surface area (Å²) in [4.78, 5) is 74.8. The van der Waals surface area contributed by atoms with Crippen LogP contribution in [0.3, 0.4) is 0 Å². The van der Waals surface area contributed by atoms with Crippen molar-refractivity contribution in [2.24, 2.45) is 23.3 Å². The molecule has 1 aromatic rings. The average molecular weight is 595 g/mol. The topological polar surface area (TPSA) is 263 Å². The number of nitrogens with one attached hydrogen (secondary N) is 4. The molecule has 4 atom stereocenters. The third-order valence-corrected chi connectivity index (χ3v) is 6.31. The summed E-state index contributed by atoms with van der Waals surface area (Å²) in [6.45, 7) is 3.96. The van der Waals surface area contributed by atoms with Gasteiger partial charge in [-0.3, -0.25) is 34.0 Å². The molecule has 0 saturated carbocycles. The van der Waals surface area contributed by atoms with Gasteiger partial charge in [0.2, 0.25) is 29.5 Å². The first kappa shape index (κ1) is 35.8. The summed E-state index contributed by atoms with van der Waals surface area (Å²) >= 11 is 0. The van der Waals surface area contributed by atoms with E-state index >= 15 is 0 Å². The Bertz CT molecular complexity index is 1080. The third-order valence-electron chi connectivity index (χ3n) is 6.31. The van der Waals surface area contributed by atoms with Crippen LogP contribution in [0.15, 0.2) is 24.3 Å². The summed E-state index contributed by atoms with van der Waals surface area (Å²) in [6.07, 6.45) is 0.118. The number of carbonyl (C=O) groups excluding carboxylic acids is 5. The molecule has 5 amide bonds. The third kappa shape index (κ3) is 13.4. The van der Waals surface area contributed by atoms with E-state index in [4.69, 9.17) is 16.7 Å². The molecule has 0 radical (unpaired) electrons. The van der Waals surface area contributed by atoms with Crippen LogP contribution in [0.2, 0.25) is 0 Å². The second-order valence-corrected chi connectivity index (χ2v) is 10.4. The molecule has 1 rings (SSSR count). The molecule has 0 heterocycles. The second-order valence-electron chi connectivity index (χ2n) is 10.4. The van der Waals surface area contributed by atoms with E-state index in [0.29, 0.717) is 24.9 Å². The zero-order valence-corrected chi connectivity index (χ0v) is 23.8. The Balaban J connectivity index is 3.23. The first-order valence-corrected chi connectivity index (χ1v) is 13.6. The number of nitrogens with two attached hydrogens (primary N) is 2. The Morgan fingerprint density at radius 1 is 0.833 bits per heavy atom. The van der Waals surface area contributed by atoms with Crippen LogP contribution >= 0.6 is 0 Å². The summed E-state index contributed by atoms with van der Waals surface area (Å²) < 4.78 is 0. The van der Waals surface area contributed by atoms with E-state index in [-0.39, 0.29) is 30.9 Å². The number of carboxylic acid groups (broad SMARTS) is 1. The zero-order chi connectivity index (χ0) is 31.8. The van der Waals surface area contributed by atoms with Gasteiger partial charge in [-0.15, -0.1) is 0 Å². The van der Waals surface area contributed by atoms with Gasteiger partial charge in [0, 0.05) is 18.8 Å². The number of hydrogen-bond donors (Lipinski definition) is 9. The fraction of sp³-hybridized carbons (Fsp3) is 0.556. The maximum atomic E-state index is 13.3. The van der Waals surface area contributed by atoms with Crippen molar-refractivity contribution < 1.29 is 44.2 Å². The van der Waals surface area contributed by atoms with Gasteiger partial charge in [-0.25, -0.2) is 5.48 Å². The van der Waals surface area contributed by atoms with E-state index in [1.54, 1.807) is 13.8 Å². The fourth-order valence-corrected chi connectivity index (χ4v) is 4.20. The van der Waals surface area contributed by atoms with Crippen molar-refractivity contribution in [2.45, 2.75) is 76.9 Å². The molecule has 0 aliphatic rings. The van der Waals surface area contributed by atoms with Crippen LogP contribution in [0, 0.1) is 11.8 Å². The lowest BCUT2D eigenvalue weighted by Crippen LogP contribution is -2.57. The first-order chi connectivity index (χ1) is 19.8. The summed E-state index contributed by atoms with van der Waals surface area (Å²) in [7, 11) is 0. The Morgan fingerprint density at radius 3 is 1.93 bits per heavy atom. The van der Waals surface area contributed by atoms with Crippen LogP contribution in [-0.2, 0) is 35.2 Å². The van der Waals surface area contributed by atoms with Gasteiger partial charge in [0.25, 0.3) is 0 Å². The fourth-order valence-electron chi connectivity index (χ4n) is 4.20. The van der Waals surface area contributed by atoms with Crippen LogP contribution in [0.4, 0.5) is 0 Å².